The minimum Gasteiger partial charge on any atom is -0.374 e. The normalized spacial score (nSPS) is 28.1. The maximum atomic E-state index is 5.99. The Bertz CT molecular complexity index is 476. The lowest BCUT2D eigenvalue weighted by molar-refractivity contribution is -0.00868. The molecule has 0 bridgehead atoms. The zero-order chi connectivity index (χ0) is 14.1. The van der Waals surface area contributed by atoms with E-state index in [1.165, 1.54) is 36.9 Å². The fraction of sp³-hybridized carbons (Fsp3) is 0.625. The topological polar surface area (TPSA) is 38.5 Å². The summed E-state index contributed by atoms with van der Waals surface area (Å²) in [5, 5.41) is 0. The summed E-state index contributed by atoms with van der Waals surface area (Å²) in [5.41, 5.74) is 8.45. The second-order valence-corrected chi connectivity index (χ2v) is 6.80. The van der Waals surface area contributed by atoms with E-state index >= 15 is 0 Å². The summed E-state index contributed by atoms with van der Waals surface area (Å²) in [7, 11) is 0. The molecule has 4 heteroatoms. The molecule has 2 aliphatic rings. The molecule has 2 fully saturated rings. The summed E-state index contributed by atoms with van der Waals surface area (Å²) in [6, 6.07) is 7.18. The van der Waals surface area contributed by atoms with Crippen molar-refractivity contribution in [3.05, 3.63) is 28.2 Å². The number of ether oxygens (including phenoxy) is 1. The zero-order valence-corrected chi connectivity index (χ0v) is 13.6. The Balaban J connectivity index is 1.85. The number of nitrogens with two attached hydrogens (primary N) is 1. The van der Waals surface area contributed by atoms with Gasteiger partial charge in [-0.15, -0.1) is 0 Å². The molecule has 110 valence electrons. The van der Waals surface area contributed by atoms with Crippen LogP contribution in [0.25, 0.3) is 0 Å². The number of anilines is 1. The number of rotatable bonds is 2. The van der Waals surface area contributed by atoms with E-state index in [0.717, 1.165) is 17.6 Å². The summed E-state index contributed by atoms with van der Waals surface area (Å²) in [6.07, 6.45) is 5.50. The molecule has 0 amide bonds. The number of halogens is 1. The first-order chi connectivity index (χ1) is 9.66. The molecule has 1 aliphatic carbocycles. The molecule has 1 aliphatic heterocycles. The Kier molecular flexibility index (Phi) is 4.34. The molecule has 3 rings (SSSR count). The van der Waals surface area contributed by atoms with Crippen LogP contribution in [0.15, 0.2) is 22.7 Å². The summed E-state index contributed by atoms with van der Waals surface area (Å²) >= 11 is 3.66. The number of morpholine rings is 1. The van der Waals surface area contributed by atoms with Crippen LogP contribution in [-0.2, 0) is 4.74 Å². The number of benzene rings is 1. The molecule has 3 nitrogen and oxygen atoms in total. The van der Waals surface area contributed by atoms with Crippen LogP contribution >= 0.6 is 15.9 Å². The second kappa shape index (κ2) is 6.04. The van der Waals surface area contributed by atoms with Gasteiger partial charge in [-0.25, -0.2) is 0 Å². The summed E-state index contributed by atoms with van der Waals surface area (Å²) < 4.78 is 7.07. The highest BCUT2D eigenvalue weighted by Gasteiger charge is 2.34. The lowest BCUT2D eigenvalue weighted by Crippen LogP contribution is -2.52. The molecule has 1 aromatic carbocycles. The van der Waals surface area contributed by atoms with Crippen molar-refractivity contribution in [1.29, 1.82) is 0 Å². The average molecular weight is 339 g/mol. The highest BCUT2D eigenvalue weighted by molar-refractivity contribution is 9.10. The number of hydrogen-bond acceptors (Lipinski definition) is 3. The molecule has 1 saturated heterocycles. The number of nitrogens with zero attached hydrogens (tertiary/aromatic N) is 1. The molecule has 20 heavy (non-hydrogen) atoms. The Morgan fingerprint density at radius 2 is 2.15 bits per heavy atom. The predicted octanol–water partition coefficient (Wildman–Crippen LogP) is 3.62. The van der Waals surface area contributed by atoms with Crippen molar-refractivity contribution in [1.82, 2.24) is 0 Å². The molecule has 1 heterocycles. The molecule has 1 aromatic rings. The lowest BCUT2D eigenvalue weighted by atomic mass is 9.89. The smallest absolute Gasteiger partial charge is 0.0779 e. The first-order valence-corrected chi connectivity index (χ1v) is 8.39. The van der Waals surface area contributed by atoms with Crippen molar-refractivity contribution < 1.29 is 4.74 Å². The van der Waals surface area contributed by atoms with Gasteiger partial charge in [-0.2, -0.15) is 0 Å². The van der Waals surface area contributed by atoms with Crippen molar-refractivity contribution in [2.75, 3.05) is 18.1 Å². The van der Waals surface area contributed by atoms with Crippen LogP contribution in [-0.4, -0.2) is 25.3 Å². The predicted molar refractivity (Wildman–Crippen MR) is 86.1 cm³/mol. The molecule has 0 radical (unpaired) electrons. The van der Waals surface area contributed by atoms with Gasteiger partial charge in [0.15, 0.2) is 0 Å². The van der Waals surface area contributed by atoms with Gasteiger partial charge in [0.25, 0.3) is 0 Å². The van der Waals surface area contributed by atoms with Crippen molar-refractivity contribution in [3.63, 3.8) is 0 Å². The van der Waals surface area contributed by atoms with E-state index in [0.29, 0.717) is 12.1 Å². The van der Waals surface area contributed by atoms with Crippen molar-refractivity contribution in [3.8, 4) is 0 Å². The molecule has 0 aromatic heterocycles. The van der Waals surface area contributed by atoms with Crippen molar-refractivity contribution in [2.24, 2.45) is 5.73 Å². The minimum absolute atomic E-state index is 0.0607. The quantitative estimate of drug-likeness (QED) is 0.894. The monoisotopic (exact) mass is 338 g/mol. The van der Waals surface area contributed by atoms with Crippen LogP contribution in [0.5, 0.6) is 0 Å². The van der Waals surface area contributed by atoms with E-state index in [-0.39, 0.29) is 6.04 Å². The van der Waals surface area contributed by atoms with E-state index in [9.17, 15) is 0 Å². The second-order valence-electron chi connectivity index (χ2n) is 5.95. The fourth-order valence-corrected chi connectivity index (χ4v) is 4.21. The summed E-state index contributed by atoms with van der Waals surface area (Å²) in [4.78, 5) is 2.53. The molecule has 0 spiro atoms. The van der Waals surface area contributed by atoms with Gasteiger partial charge in [-0.3, -0.25) is 0 Å². The van der Waals surface area contributed by atoms with Crippen molar-refractivity contribution >= 4 is 21.6 Å². The van der Waals surface area contributed by atoms with E-state index in [1.54, 1.807) is 0 Å². The molecule has 3 atom stereocenters. The van der Waals surface area contributed by atoms with Gasteiger partial charge < -0.3 is 15.4 Å². The lowest BCUT2D eigenvalue weighted by Gasteiger charge is -2.45. The van der Waals surface area contributed by atoms with Gasteiger partial charge >= 0.3 is 0 Å². The highest BCUT2D eigenvalue weighted by atomic mass is 79.9. The first-order valence-electron chi connectivity index (χ1n) is 7.60. The summed E-state index contributed by atoms with van der Waals surface area (Å²) in [5.74, 6) is 0. The van der Waals surface area contributed by atoms with E-state index in [2.05, 4.69) is 39.0 Å². The number of hydrogen-bond donors (Lipinski definition) is 1. The third-order valence-electron chi connectivity index (χ3n) is 4.54. The van der Waals surface area contributed by atoms with Crippen LogP contribution in [0.1, 0.15) is 44.2 Å². The number of fused-ring (bicyclic) bond motifs is 1. The minimum atomic E-state index is 0.0607. The van der Waals surface area contributed by atoms with Crippen LogP contribution in [0, 0.1) is 0 Å². The highest BCUT2D eigenvalue weighted by Crippen LogP contribution is 2.34. The van der Waals surface area contributed by atoms with Gasteiger partial charge in [0.1, 0.15) is 0 Å². The molecule has 2 unspecified atom stereocenters. The molecule has 2 N–H and O–H groups in total. The van der Waals surface area contributed by atoms with E-state index < -0.39 is 0 Å². The van der Waals surface area contributed by atoms with E-state index in [1.807, 2.05) is 6.92 Å². The maximum absolute atomic E-state index is 5.99. The van der Waals surface area contributed by atoms with E-state index in [4.69, 9.17) is 10.5 Å². The SMILES string of the molecule is C[C@H](N)c1ccc(N2CCOC3CCCCC32)cc1Br. The van der Waals surface area contributed by atoms with Crippen molar-refractivity contribution in [2.45, 2.75) is 50.8 Å². The fourth-order valence-electron chi connectivity index (χ4n) is 3.48. The Morgan fingerprint density at radius 3 is 2.90 bits per heavy atom. The maximum Gasteiger partial charge on any atom is 0.0779 e. The molecular weight excluding hydrogens is 316 g/mol. The Labute approximate surface area is 129 Å². The van der Waals surface area contributed by atoms with Crippen LogP contribution in [0.2, 0.25) is 0 Å². The zero-order valence-electron chi connectivity index (χ0n) is 12.0. The van der Waals surface area contributed by atoms with Gasteiger partial charge in [-0.05, 0) is 37.5 Å². The summed E-state index contributed by atoms with van der Waals surface area (Å²) in [6.45, 7) is 3.85. The standard InChI is InChI=1S/C16H23BrN2O/c1-11(18)13-7-6-12(10-14(13)17)19-8-9-20-16-5-3-2-4-15(16)19/h6-7,10-11,15-16H,2-5,8-9,18H2,1H3/t11-,15?,16?/m0/s1. The molecule has 1 saturated carbocycles. The van der Waals surface area contributed by atoms with Crippen LogP contribution in [0.4, 0.5) is 5.69 Å². The van der Waals surface area contributed by atoms with Crippen LogP contribution < -0.4 is 10.6 Å². The third kappa shape index (κ3) is 2.74. The van der Waals surface area contributed by atoms with Gasteiger partial charge in [0.05, 0.1) is 18.8 Å². The van der Waals surface area contributed by atoms with Gasteiger partial charge in [0.2, 0.25) is 0 Å². The Hall–Kier alpha value is -0.580. The molecular formula is C16H23BrN2O. The third-order valence-corrected chi connectivity index (χ3v) is 5.23. The Morgan fingerprint density at radius 1 is 1.35 bits per heavy atom. The largest absolute Gasteiger partial charge is 0.374 e. The van der Waals surface area contributed by atoms with Crippen LogP contribution in [0.3, 0.4) is 0 Å². The van der Waals surface area contributed by atoms with Gasteiger partial charge in [-0.1, -0.05) is 34.8 Å². The average Bonchev–Trinajstić information content (AvgIpc) is 2.46. The first kappa shape index (κ1) is 14.4. The van der Waals surface area contributed by atoms with Gasteiger partial charge in [0, 0.05) is 22.7 Å².